The third kappa shape index (κ3) is 3.90. The minimum Gasteiger partial charge on any atom is -0.306 e. The van der Waals surface area contributed by atoms with Gasteiger partial charge in [-0.25, -0.2) is 4.98 Å². The highest BCUT2D eigenvalue weighted by Crippen LogP contribution is 2.21. The maximum atomic E-state index is 4.35. The molecule has 1 aromatic rings. The third-order valence-electron chi connectivity index (χ3n) is 1.73. The maximum absolute atomic E-state index is 4.35. The molecule has 0 atom stereocenters. The molecule has 0 aromatic carbocycles. The van der Waals surface area contributed by atoms with Crippen LogP contribution in [0.2, 0.25) is 0 Å². The smallest absolute Gasteiger partial charge is 0.107 e. The predicted molar refractivity (Wildman–Crippen MR) is 66.0 cm³/mol. The van der Waals surface area contributed by atoms with Gasteiger partial charge < -0.3 is 5.32 Å². The highest BCUT2D eigenvalue weighted by atomic mass is 79.9. The Kier molecular flexibility index (Phi) is 4.78. The van der Waals surface area contributed by atoms with Crippen LogP contribution in [0.1, 0.15) is 29.7 Å². The Bertz CT molecular complexity index is 307. The van der Waals surface area contributed by atoms with Gasteiger partial charge in [0.1, 0.15) is 5.01 Å². The molecule has 2 nitrogen and oxygen atoms in total. The minimum atomic E-state index is 0.576. The van der Waals surface area contributed by atoms with Crippen LogP contribution in [0, 0.1) is 0 Å². The summed E-state index contributed by atoms with van der Waals surface area (Å²) in [7, 11) is 0. The van der Waals surface area contributed by atoms with E-state index >= 15 is 0 Å². The molecule has 4 heteroatoms. The summed E-state index contributed by atoms with van der Waals surface area (Å²) >= 11 is 5.08. The first-order chi connectivity index (χ1) is 6.59. The quantitative estimate of drug-likeness (QED) is 0.892. The van der Waals surface area contributed by atoms with Crippen LogP contribution in [0.4, 0.5) is 0 Å². The van der Waals surface area contributed by atoms with Crippen LogP contribution in [0.5, 0.6) is 0 Å². The van der Waals surface area contributed by atoms with Crippen LogP contribution < -0.4 is 5.32 Å². The second-order valence-corrected chi connectivity index (χ2v) is 5.70. The number of hydrogen-bond donors (Lipinski definition) is 1. The lowest BCUT2D eigenvalue weighted by atomic mass is 10.2. The average Bonchev–Trinajstić information content (AvgIpc) is 2.52. The van der Waals surface area contributed by atoms with Gasteiger partial charge in [-0.05, 0) is 5.92 Å². The molecule has 14 heavy (non-hydrogen) atoms. The van der Waals surface area contributed by atoms with Crippen molar-refractivity contribution >= 4 is 27.3 Å². The van der Waals surface area contributed by atoms with Crippen molar-refractivity contribution in [2.75, 3.05) is 6.54 Å². The molecule has 1 aromatic heterocycles. The van der Waals surface area contributed by atoms with Gasteiger partial charge in [-0.1, -0.05) is 36.4 Å². The molecule has 1 heterocycles. The molecule has 0 saturated heterocycles. The number of hydrogen-bond acceptors (Lipinski definition) is 3. The predicted octanol–water partition coefficient (Wildman–Crippen LogP) is 3.26. The largest absolute Gasteiger partial charge is 0.306 e. The molecule has 0 unspecified atom stereocenters. The van der Waals surface area contributed by atoms with Gasteiger partial charge in [0.2, 0.25) is 0 Å². The van der Waals surface area contributed by atoms with E-state index in [1.54, 1.807) is 11.3 Å². The zero-order chi connectivity index (χ0) is 10.6. The molecule has 0 radical (unpaired) electrons. The van der Waals surface area contributed by atoms with Gasteiger partial charge in [0.05, 0.1) is 0 Å². The lowest BCUT2D eigenvalue weighted by molar-refractivity contribution is 0.752. The third-order valence-corrected chi connectivity index (χ3v) is 3.31. The van der Waals surface area contributed by atoms with Crippen molar-refractivity contribution in [1.29, 1.82) is 0 Å². The zero-order valence-electron chi connectivity index (χ0n) is 8.51. The average molecular weight is 275 g/mol. The lowest BCUT2D eigenvalue weighted by Crippen LogP contribution is -2.13. The number of thiazole rings is 1. The van der Waals surface area contributed by atoms with Crippen LogP contribution in [0.15, 0.2) is 17.3 Å². The first kappa shape index (κ1) is 11.9. The second kappa shape index (κ2) is 5.63. The van der Waals surface area contributed by atoms with Crippen molar-refractivity contribution in [2.24, 2.45) is 0 Å². The summed E-state index contributed by atoms with van der Waals surface area (Å²) < 4.78 is 0.970. The summed E-state index contributed by atoms with van der Waals surface area (Å²) in [6.07, 6.45) is 1.97. The van der Waals surface area contributed by atoms with Gasteiger partial charge in [0, 0.05) is 28.6 Å². The SMILES string of the molecule is C=C(Br)CNCc1ncc(C(C)C)s1. The van der Waals surface area contributed by atoms with Gasteiger partial charge in [0.25, 0.3) is 0 Å². The van der Waals surface area contributed by atoms with Crippen LogP contribution in [-0.2, 0) is 6.54 Å². The first-order valence-electron chi connectivity index (χ1n) is 4.58. The van der Waals surface area contributed by atoms with Gasteiger partial charge in [-0.15, -0.1) is 11.3 Å². The summed E-state index contributed by atoms with van der Waals surface area (Å²) in [4.78, 5) is 5.69. The van der Waals surface area contributed by atoms with Crippen LogP contribution >= 0.6 is 27.3 Å². The topological polar surface area (TPSA) is 24.9 Å². The van der Waals surface area contributed by atoms with E-state index in [1.165, 1.54) is 4.88 Å². The fourth-order valence-corrected chi connectivity index (χ4v) is 2.07. The summed E-state index contributed by atoms with van der Waals surface area (Å²) in [6.45, 7) is 9.74. The van der Waals surface area contributed by atoms with Crippen molar-refractivity contribution in [3.05, 3.63) is 27.1 Å². The summed E-state index contributed by atoms with van der Waals surface area (Å²) in [5, 5.41) is 4.40. The molecule has 0 fully saturated rings. The molecular weight excluding hydrogens is 260 g/mol. The van der Waals surface area contributed by atoms with Crippen molar-refractivity contribution in [2.45, 2.75) is 26.3 Å². The van der Waals surface area contributed by atoms with E-state index in [0.717, 1.165) is 22.6 Å². The Hall–Kier alpha value is -0.190. The Morgan fingerprint density at radius 2 is 2.43 bits per heavy atom. The van der Waals surface area contributed by atoms with Crippen molar-refractivity contribution in [3.63, 3.8) is 0 Å². The number of rotatable bonds is 5. The summed E-state index contributed by atoms with van der Waals surface area (Å²) in [5.41, 5.74) is 0. The Labute approximate surface area is 97.6 Å². The monoisotopic (exact) mass is 274 g/mol. The number of aromatic nitrogens is 1. The maximum Gasteiger partial charge on any atom is 0.107 e. The fourth-order valence-electron chi connectivity index (χ4n) is 0.978. The van der Waals surface area contributed by atoms with Gasteiger partial charge in [-0.2, -0.15) is 0 Å². The summed E-state index contributed by atoms with van der Waals surface area (Å²) in [6, 6.07) is 0. The number of nitrogens with one attached hydrogen (secondary N) is 1. The van der Waals surface area contributed by atoms with Gasteiger partial charge in [0.15, 0.2) is 0 Å². The van der Waals surface area contributed by atoms with E-state index < -0.39 is 0 Å². The Morgan fingerprint density at radius 1 is 1.71 bits per heavy atom. The highest BCUT2D eigenvalue weighted by molar-refractivity contribution is 9.11. The number of nitrogens with zero attached hydrogens (tertiary/aromatic N) is 1. The lowest BCUT2D eigenvalue weighted by Gasteiger charge is -1.99. The minimum absolute atomic E-state index is 0.576. The fraction of sp³-hybridized carbons (Fsp3) is 0.500. The Morgan fingerprint density at radius 3 is 2.93 bits per heavy atom. The molecule has 0 aliphatic carbocycles. The van der Waals surface area contributed by atoms with Gasteiger partial charge >= 0.3 is 0 Å². The molecule has 0 amide bonds. The molecular formula is C10H15BrN2S. The van der Waals surface area contributed by atoms with E-state index in [4.69, 9.17) is 0 Å². The van der Waals surface area contributed by atoms with Crippen LogP contribution in [0.3, 0.4) is 0 Å². The van der Waals surface area contributed by atoms with Crippen molar-refractivity contribution in [3.8, 4) is 0 Å². The molecule has 0 saturated carbocycles. The molecule has 1 N–H and O–H groups in total. The highest BCUT2D eigenvalue weighted by Gasteiger charge is 2.04. The van der Waals surface area contributed by atoms with Crippen molar-refractivity contribution in [1.82, 2.24) is 10.3 Å². The van der Waals surface area contributed by atoms with E-state index in [-0.39, 0.29) is 0 Å². The first-order valence-corrected chi connectivity index (χ1v) is 6.19. The van der Waals surface area contributed by atoms with E-state index in [0.29, 0.717) is 5.92 Å². The van der Waals surface area contributed by atoms with Gasteiger partial charge in [-0.3, -0.25) is 0 Å². The Balaban J connectivity index is 2.40. The molecule has 0 spiro atoms. The molecule has 0 aliphatic rings. The molecule has 78 valence electrons. The molecule has 0 aliphatic heterocycles. The second-order valence-electron chi connectivity index (χ2n) is 3.43. The standard InChI is InChI=1S/C10H15BrN2S/c1-7(2)9-5-13-10(14-9)6-12-4-8(3)11/h5,7,12H,3-4,6H2,1-2H3. The normalized spacial score (nSPS) is 10.9. The van der Waals surface area contributed by atoms with Crippen LogP contribution in [0.25, 0.3) is 0 Å². The number of halogens is 1. The van der Waals surface area contributed by atoms with E-state index in [9.17, 15) is 0 Å². The van der Waals surface area contributed by atoms with E-state index in [1.807, 2.05) is 6.20 Å². The van der Waals surface area contributed by atoms with Crippen molar-refractivity contribution < 1.29 is 0 Å². The van der Waals surface area contributed by atoms with Crippen LogP contribution in [-0.4, -0.2) is 11.5 Å². The van der Waals surface area contributed by atoms with E-state index in [2.05, 4.69) is 46.7 Å². The molecule has 0 bridgehead atoms. The zero-order valence-corrected chi connectivity index (χ0v) is 10.9. The summed E-state index contributed by atoms with van der Waals surface area (Å²) in [5.74, 6) is 0.576. The molecule has 1 rings (SSSR count).